The summed E-state index contributed by atoms with van der Waals surface area (Å²) in [5.74, 6) is 0.435. The average molecular weight is 386 g/mol. The summed E-state index contributed by atoms with van der Waals surface area (Å²) in [5.41, 5.74) is 0.862. The van der Waals surface area contributed by atoms with Gasteiger partial charge < -0.3 is 5.32 Å². The number of hydrogen-bond donors (Lipinski definition) is 1. The number of quaternary nitrogens is 1. The summed E-state index contributed by atoms with van der Waals surface area (Å²) in [6, 6.07) is 16.1. The van der Waals surface area contributed by atoms with E-state index in [4.69, 9.17) is 6.42 Å². The molecule has 29 heavy (non-hydrogen) atoms. The standard InChI is InChI=1S/C23H19N3O3/c1-3-13-25-17-12-8-7-11-16(17)23(22(25)29)19-18(14(2)24-23)20(27)26(21(19)28)15-9-5-4-6-10-15/h1,4-12,14,18-19,24H,13H2,2H3/p+1/t14-,18-,19-,23-/m0/s1. The van der Waals surface area contributed by atoms with Crippen molar-refractivity contribution in [2.75, 3.05) is 16.3 Å². The third kappa shape index (κ3) is 2.08. The SMILES string of the molecule is C#CCN1C(=O)[C@]2([NH2+][C@@H](C)[C@@H]3C(=O)N(c4ccccc4)C(=O)[C@H]32)c2ccccc21. The third-order valence-corrected chi connectivity index (χ3v) is 6.44. The van der Waals surface area contributed by atoms with Gasteiger partial charge in [0.1, 0.15) is 11.8 Å². The van der Waals surface area contributed by atoms with Gasteiger partial charge in [0.15, 0.2) is 0 Å². The Labute approximate surface area is 168 Å². The molecule has 2 aromatic carbocycles. The number of imide groups is 1. The van der Waals surface area contributed by atoms with Crippen molar-refractivity contribution < 1.29 is 19.7 Å². The molecule has 3 aliphatic rings. The predicted octanol–water partition coefficient (Wildman–Crippen LogP) is 0.633. The molecule has 3 aliphatic heterocycles. The first-order valence-corrected chi connectivity index (χ1v) is 9.66. The Bertz CT molecular complexity index is 1090. The molecule has 0 aliphatic carbocycles. The lowest BCUT2D eigenvalue weighted by molar-refractivity contribution is -0.730. The van der Waals surface area contributed by atoms with Crippen LogP contribution < -0.4 is 15.1 Å². The molecular formula is C23H20N3O3+. The van der Waals surface area contributed by atoms with E-state index in [1.54, 1.807) is 29.2 Å². The molecule has 144 valence electrons. The summed E-state index contributed by atoms with van der Waals surface area (Å²) in [6.45, 7) is 2.04. The van der Waals surface area contributed by atoms with E-state index in [9.17, 15) is 14.4 Å². The fourth-order valence-corrected chi connectivity index (χ4v) is 5.37. The Morgan fingerprint density at radius 1 is 1.03 bits per heavy atom. The number of terminal acetylenes is 1. The number of hydrogen-bond acceptors (Lipinski definition) is 3. The van der Waals surface area contributed by atoms with Gasteiger partial charge in [-0.2, -0.15) is 0 Å². The maximum Gasteiger partial charge on any atom is 0.295 e. The van der Waals surface area contributed by atoms with Crippen LogP contribution in [0.15, 0.2) is 54.6 Å². The van der Waals surface area contributed by atoms with Crippen molar-refractivity contribution in [3.63, 3.8) is 0 Å². The van der Waals surface area contributed by atoms with Crippen molar-refractivity contribution in [1.82, 2.24) is 0 Å². The number of carbonyl (C=O) groups excluding carboxylic acids is 3. The molecule has 0 aromatic heterocycles. The van der Waals surface area contributed by atoms with Crippen molar-refractivity contribution >= 4 is 29.1 Å². The normalized spacial score (nSPS) is 30.1. The zero-order valence-corrected chi connectivity index (χ0v) is 15.9. The summed E-state index contributed by atoms with van der Waals surface area (Å²) >= 11 is 0. The molecular weight excluding hydrogens is 366 g/mol. The second-order valence-electron chi connectivity index (χ2n) is 7.86. The van der Waals surface area contributed by atoms with Crippen LogP contribution in [-0.2, 0) is 19.9 Å². The zero-order valence-electron chi connectivity index (χ0n) is 15.9. The molecule has 2 saturated heterocycles. The highest BCUT2D eigenvalue weighted by Gasteiger charge is 2.74. The first kappa shape index (κ1) is 17.7. The summed E-state index contributed by atoms with van der Waals surface area (Å²) in [4.78, 5) is 43.4. The number of carbonyl (C=O) groups is 3. The van der Waals surface area contributed by atoms with Crippen LogP contribution in [0.4, 0.5) is 11.4 Å². The van der Waals surface area contributed by atoms with Crippen LogP contribution in [0.3, 0.4) is 0 Å². The van der Waals surface area contributed by atoms with Crippen LogP contribution in [0.5, 0.6) is 0 Å². The maximum atomic E-state index is 13.7. The minimum atomic E-state index is -1.16. The molecule has 0 bridgehead atoms. The Hall–Kier alpha value is -3.43. The Balaban J connectivity index is 1.69. The van der Waals surface area contributed by atoms with Crippen molar-refractivity contribution in [1.29, 1.82) is 0 Å². The van der Waals surface area contributed by atoms with Gasteiger partial charge in [0.05, 0.1) is 24.0 Å². The average Bonchev–Trinajstić information content (AvgIpc) is 3.27. The number of benzene rings is 2. The number of amides is 3. The first-order chi connectivity index (χ1) is 14.0. The molecule has 5 rings (SSSR count). The summed E-state index contributed by atoms with van der Waals surface area (Å²) in [7, 11) is 0. The van der Waals surface area contributed by atoms with Crippen LogP contribution in [0, 0.1) is 24.2 Å². The second kappa shape index (κ2) is 6.03. The van der Waals surface area contributed by atoms with Gasteiger partial charge in [0.25, 0.3) is 5.91 Å². The van der Waals surface area contributed by atoms with Gasteiger partial charge in [-0.3, -0.25) is 19.3 Å². The number of nitrogens with two attached hydrogens (primary N) is 1. The lowest BCUT2D eigenvalue weighted by Crippen LogP contribution is -2.98. The highest BCUT2D eigenvalue weighted by molar-refractivity contribution is 6.25. The van der Waals surface area contributed by atoms with E-state index in [1.807, 2.05) is 42.6 Å². The van der Waals surface area contributed by atoms with Crippen LogP contribution in [0.25, 0.3) is 0 Å². The van der Waals surface area contributed by atoms with Crippen molar-refractivity contribution in [2.24, 2.45) is 11.8 Å². The summed E-state index contributed by atoms with van der Waals surface area (Å²) in [5, 5.41) is 1.90. The molecule has 0 saturated carbocycles. The fraction of sp³-hybridized carbons (Fsp3) is 0.261. The molecule has 3 heterocycles. The van der Waals surface area contributed by atoms with Crippen molar-refractivity contribution in [2.45, 2.75) is 18.5 Å². The van der Waals surface area contributed by atoms with Crippen molar-refractivity contribution in [3.8, 4) is 12.3 Å². The van der Waals surface area contributed by atoms with Crippen molar-refractivity contribution in [3.05, 3.63) is 60.2 Å². The first-order valence-electron chi connectivity index (χ1n) is 9.66. The number of rotatable bonds is 2. The minimum Gasteiger partial charge on any atom is -0.326 e. The van der Waals surface area contributed by atoms with E-state index in [2.05, 4.69) is 5.92 Å². The van der Waals surface area contributed by atoms with Crippen LogP contribution >= 0.6 is 0 Å². The van der Waals surface area contributed by atoms with Crippen LogP contribution in [0.2, 0.25) is 0 Å². The van der Waals surface area contributed by atoms with Gasteiger partial charge in [-0.25, -0.2) is 4.90 Å². The maximum absolute atomic E-state index is 13.7. The van der Waals surface area contributed by atoms with E-state index >= 15 is 0 Å². The Morgan fingerprint density at radius 2 is 1.72 bits per heavy atom. The monoisotopic (exact) mass is 386 g/mol. The number of para-hydroxylation sites is 2. The van der Waals surface area contributed by atoms with Crippen LogP contribution in [0.1, 0.15) is 12.5 Å². The van der Waals surface area contributed by atoms with Gasteiger partial charge in [-0.1, -0.05) is 42.3 Å². The molecule has 2 fully saturated rings. The highest BCUT2D eigenvalue weighted by Crippen LogP contribution is 2.51. The van der Waals surface area contributed by atoms with Gasteiger partial charge in [0, 0.05) is 5.56 Å². The van der Waals surface area contributed by atoms with Gasteiger partial charge in [-0.15, -0.1) is 6.42 Å². The largest absolute Gasteiger partial charge is 0.326 e. The molecule has 6 nitrogen and oxygen atoms in total. The minimum absolute atomic E-state index is 0.127. The summed E-state index contributed by atoms with van der Waals surface area (Å²) < 4.78 is 0. The zero-order chi connectivity index (χ0) is 20.3. The second-order valence-corrected chi connectivity index (χ2v) is 7.86. The Morgan fingerprint density at radius 3 is 2.45 bits per heavy atom. The highest BCUT2D eigenvalue weighted by atomic mass is 16.2. The van der Waals surface area contributed by atoms with Gasteiger partial charge in [-0.05, 0) is 25.1 Å². The molecule has 0 radical (unpaired) electrons. The lowest BCUT2D eigenvalue weighted by Gasteiger charge is -2.26. The number of fused-ring (bicyclic) bond motifs is 4. The molecule has 1 spiro atoms. The van der Waals surface area contributed by atoms with Gasteiger partial charge in [0.2, 0.25) is 17.4 Å². The van der Waals surface area contributed by atoms with E-state index in [1.165, 1.54) is 4.90 Å². The number of anilines is 2. The van der Waals surface area contributed by atoms with Crippen LogP contribution in [-0.4, -0.2) is 30.3 Å². The third-order valence-electron chi connectivity index (χ3n) is 6.44. The lowest BCUT2D eigenvalue weighted by atomic mass is 9.76. The van der Waals surface area contributed by atoms with E-state index in [0.717, 1.165) is 11.3 Å². The fourth-order valence-electron chi connectivity index (χ4n) is 5.37. The predicted molar refractivity (Wildman–Crippen MR) is 107 cm³/mol. The smallest absolute Gasteiger partial charge is 0.295 e. The quantitative estimate of drug-likeness (QED) is 0.608. The van der Waals surface area contributed by atoms with E-state index in [-0.39, 0.29) is 30.3 Å². The van der Waals surface area contributed by atoms with E-state index in [0.29, 0.717) is 5.69 Å². The number of nitrogens with zero attached hydrogens (tertiary/aromatic N) is 2. The molecule has 6 heteroatoms. The van der Waals surface area contributed by atoms with E-state index < -0.39 is 17.4 Å². The molecule has 4 atom stereocenters. The summed E-state index contributed by atoms with van der Waals surface area (Å²) in [6.07, 6.45) is 5.51. The molecule has 2 aromatic rings. The molecule has 2 N–H and O–H groups in total. The topological polar surface area (TPSA) is 74.3 Å². The molecule has 3 amide bonds. The molecule has 0 unspecified atom stereocenters. The van der Waals surface area contributed by atoms with Gasteiger partial charge >= 0.3 is 0 Å². The Kier molecular flexibility index (Phi) is 3.67.